The number of amides is 1. The van der Waals surface area contributed by atoms with Gasteiger partial charge in [-0.25, -0.2) is 5.84 Å². The zero-order valence-electron chi connectivity index (χ0n) is 6.51. The first-order chi connectivity index (χ1) is 5.34. The SMILES string of the molecule is NNC(=O)C1CCCCCS1. The molecule has 1 heterocycles. The lowest BCUT2D eigenvalue weighted by Gasteiger charge is -2.10. The highest BCUT2D eigenvalue weighted by Gasteiger charge is 2.19. The Balaban J connectivity index is 2.36. The smallest absolute Gasteiger partial charge is 0.246 e. The van der Waals surface area contributed by atoms with Crippen LogP contribution in [0.1, 0.15) is 25.7 Å². The zero-order valence-corrected chi connectivity index (χ0v) is 7.32. The maximum atomic E-state index is 11.1. The second kappa shape index (κ2) is 4.62. The molecule has 0 saturated carbocycles. The van der Waals surface area contributed by atoms with E-state index >= 15 is 0 Å². The second-order valence-corrected chi connectivity index (χ2v) is 4.03. The molecular weight excluding hydrogens is 160 g/mol. The van der Waals surface area contributed by atoms with Gasteiger partial charge in [-0.05, 0) is 18.6 Å². The van der Waals surface area contributed by atoms with Crippen molar-refractivity contribution in [1.82, 2.24) is 5.43 Å². The number of nitrogens with one attached hydrogen (secondary N) is 1. The molecule has 1 amide bonds. The Labute approximate surface area is 71.1 Å². The minimum Gasteiger partial charge on any atom is -0.293 e. The molecule has 4 heteroatoms. The molecule has 0 aromatic carbocycles. The molecule has 0 aliphatic carbocycles. The van der Waals surface area contributed by atoms with Gasteiger partial charge in [0.15, 0.2) is 0 Å². The van der Waals surface area contributed by atoms with Crippen LogP contribution in [0.2, 0.25) is 0 Å². The first-order valence-corrected chi connectivity index (χ1v) is 5.01. The van der Waals surface area contributed by atoms with E-state index in [1.807, 2.05) is 0 Å². The van der Waals surface area contributed by atoms with Crippen molar-refractivity contribution >= 4 is 17.7 Å². The highest BCUT2D eigenvalue weighted by Crippen LogP contribution is 2.23. The molecule has 1 aliphatic heterocycles. The summed E-state index contributed by atoms with van der Waals surface area (Å²) in [5, 5.41) is 0.0995. The number of carbonyl (C=O) groups excluding carboxylic acids is 1. The van der Waals surface area contributed by atoms with Crippen molar-refractivity contribution in [2.75, 3.05) is 5.75 Å². The number of rotatable bonds is 1. The summed E-state index contributed by atoms with van der Waals surface area (Å²) in [7, 11) is 0. The molecule has 3 nitrogen and oxygen atoms in total. The van der Waals surface area contributed by atoms with E-state index in [9.17, 15) is 4.79 Å². The summed E-state index contributed by atoms with van der Waals surface area (Å²) < 4.78 is 0. The topological polar surface area (TPSA) is 55.1 Å². The Morgan fingerprint density at radius 1 is 1.45 bits per heavy atom. The summed E-state index contributed by atoms with van der Waals surface area (Å²) in [6.07, 6.45) is 4.62. The van der Waals surface area contributed by atoms with Crippen LogP contribution in [0, 0.1) is 0 Å². The van der Waals surface area contributed by atoms with E-state index in [-0.39, 0.29) is 11.2 Å². The maximum Gasteiger partial charge on any atom is 0.246 e. The monoisotopic (exact) mass is 174 g/mol. The maximum absolute atomic E-state index is 11.1. The van der Waals surface area contributed by atoms with Gasteiger partial charge in [0.25, 0.3) is 0 Å². The van der Waals surface area contributed by atoms with Crippen LogP contribution in [0.15, 0.2) is 0 Å². The molecule has 1 unspecified atom stereocenters. The highest BCUT2D eigenvalue weighted by atomic mass is 32.2. The predicted octanol–water partition coefficient (Wildman–Crippen LogP) is 0.652. The molecule has 3 N–H and O–H groups in total. The fourth-order valence-corrected chi connectivity index (χ4v) is 2.43. The molecule has 0 aromatic rings. The Bertz CT molecular complexity index is 132. The van der Waals surface area contributed by atoms with Gasteiger partial charge in [0.05, 0.1) is 5.25 Å². The van der Waals surface area contributed by atoms with E-state index < -0.39 is 0 Å². The summed E-state index contributed by atoms with van der Waals surface area (Å²) in [5.41, 5.74) is 2.20. The number of thioether (sulfide) groups is 1. The molecule has 0 aromatic heterocycles. The van der Waals surface area contributed by atoms with Crippen LogP contribution in [0.3, 0.4) is 0 Å². The largest absolute Gasteiger partial charge is 0.293 e. The normalized spacial score (nSPS) is 25.7. The van der Waals surface area contributed by atoms with E-state index in [2.05, 4.69) is 5.43 Å². The van der Waals surface area contributed by atoms with Gasteiger partial charge in [-0.2, -0.15) is 0 Å². The predicted molar refractivity (Wildman–Crippen MR) is 47.0 cm³/mol. The zero-order chi connectivity index (χ0) is 8.10. The molecule has 64 valence electrons. The number of nitrogens with two attached hydrogens (primary N) is 1. The van der Waals surface area contributed by atoms with Crippen molar-refractivity contribution in [3.05, 3.63) is 0 Å². The molecule has 1 saturated heterocycles. The summed E-state index contributed by atoms with van der Waals surface area (Å²) >= 11 is 1.72. The van der Waals surface area contributed by atoms with Gasteiger partial charge >= 0.3 is 0 Å². The highest BCUT2D eigenvalue weighted by molar-refractivity contribution is 8.00. The molecule has 0 spiro atoms. The summed E-state index contributed by atoms with van der Waals surface area (Å²) in [5.74, 6) is 6.12. The van der Waals surface area contributed by atoms with Gasteiger partial charge in [0, 0.05) is 0 Å². The Kier molecular flexibility index (Phi) is 3.72. The Morgan fingerprint density at radius 2 is 2.27 bits per heavy atom. The number of hydrogen-bond donors (Lipinski definition) is 2. The lowest BCUT2D eigenvalue weighted by molar-refractivity contribution is -0.120. The average molecular weight is 174 g/mol. The minimum absolute atomic E-state index is 0.0168. The van der Waals surface area contributed by atoms with Crippen LogP contribution < -0.4 is 11.3 Å². The van der Waals surface area contributed by atoms with Gasteiger partial charge < -0.3 is 0 Å². The number of carbonyl (C=O) groups is 1. The Morgan fingerprint density at radius 3 is 3.00 bits per heavy atom. The van der Waals surface area contributed by atoms with E-state index in [1.54, 1.807) is 11.8 Å². The molecular formula is C7H14N2OS. The molecule has 1 rings (SSSR count). The van der Waals surface area contributed by atoms with Gasteiger partial charge in [-0.15, -0.1) is 11.8 Å². The number of hydrogen-bond acceptors (Lipinski definition) is 3. The van der Waals surface area contributed by atoms with E-state index in [1.165, 1.54) is 12.8 Å². The quantitative estimate of drug-likeness (QED) is 0.349. The van der Waals surface area contributed by atoms with Crippen LogP contribution in [0.25, 0.3) is 0 Å². The molecule has 1 atom stereocenters. The van der Waals surface area contributed by atoms with Gasteiger partial charge in [-0.1, -0.05) is 12.8 Å². The lowest BCUT2D eigenvalue weighted by atomic mass is 10.1. The van der Waals surface area contributed by atoms with Crippen LogP contribution in [-0.2, 0) is 4.79 Å². The molecule has 1 fully saturated rings. The molecule has 11 heavy (non-hydrogen) atoms. The van der Waals surface area contributed by atoms with Crippen molar-refractivity contribution in [3.63, 3.8) is 0 Å². The van der Waals surface area contributed by atoms with Crippen LogP contribution >= 0.6 is 11.8 Å². The third-order valence-electron chi connectivity index (χ3n) is 1.86. The van der Waals surface area contributed by atoms with E-state index in [0.717, 1.165) is 18.6 Å². The van der Waals surface area contributed by atoms with Crippen LogP contribution in [0.4, 0.5) is 0 Å². The number of hydrazine groups is 1. The van der Waals surface area contributed by atoms with Crippen LogP contribution in [0.5, 0.6) is 0 Å². The minimum atomic E-state index is -0.0168. The lowest BCUT2D eigenvalue weighted by Crippen LogP contribution is -2.37. The van der Waals surface area contributed by atoms with Gasteiger partial charge in [0.2, 0.25) is 5.91 Å². The van der Waals surface area contributed by atoms with Crippen molar-refractivity contribution < 1.29 is 4.79 Å². The fourth-order valence-electron chi connectivity index (χ4n) is 1.22. The van der Waals surface area contributed by atoms with E-state index in [4.69, 9.17) is 5.84 Å². The summed E-state index contributed by atoms with van der Waals surface area (Å²) in [6.45, 7) is 0. The van der Waals surface area contributed by atoms with Gasteiger partial charge in [0.1, 0.15) is 0 Å². The fraction of sp³-hybridized carbons (Fsp3) is 0.857. The van der Waals surface area contributed by atoms with Crippen molar-refractivity contribution in [1.29, 1.82) is 0 Å². The molecule has 0 radical (unpaired) electrons. The first kappa shape index (κ1) is 8.87. The van der Waals surface area contributed by atoms with E-state index in [0.29, 0.717) is 0 Å². The third kappa shape index (κ3) is 2.71. The summed E-state index contributed by atoms with van der Waals surface area (Å²) in [6, 6.07) is 0. The van der Waals surface area contributed by atoms with Gasteiger partial charge in [-0.3, -0.25) is 10.2 Å². The van der Waals surface area contributed by atoms with Crippen molar-refractivity contribution in [2.24, 2.45) is 5.84 Å². The first-order valence-electron chi connectivity index (χ1n) is 3.96. The second-order valence-electron chi connectivity index (χ2n) is 2.72. The third-order valence-corrected chi connectivity index (χ3v) is 3.24. The molecule has 1 aliphatic rings. The summed E-state index contributed by atoms with van der Waals surface area (Å²) in [4.78, 5) is 11.1. The average Bonchev–Trinajstić information content (AvgIpc) is 2.30. The van der Waals surface area contributed by atoms with Crippen LogP contribution in [-0.4, -0.2) is 16.9 Å². The Hall–Kier alpha value is -0.220. The van der Waals surface area contributed by atoms with Crippen molar-refractivity contribution in [2.45, 2.75) is 30.9 Å². The standard InChI is InChI=1S/C7H14N2OS/c8-9-7(10)6-4-2-1-3-5-11-6/h6H,1-5,8H2,(H,9,10). The van der Waals surface area contributed by atoms with Crippen molar-refractivity contribution in [3.8, 4) is 0 Å². The molecule has 0 bridgehead atoms.